The molecule has 10 nitrogen and oxygen atoms in total. The molecule has 0 radical (unpaired) electrons. The van der Waals surface area contributed by atoms with E-state index in [-0.39, 0.29) is 19.2 Å². The molecule has 1 aromatic rings. The van der Waals surface area contributed by atoms with E-state index in [9.17, 15) is 9.90 Å². The number of aliphatic hydroxyl groups is 1. The van der Waals surface area contributed by atoms with Crippen molar-refractivity contribution >= 4 is 23.9 Å². The highest BCUT2D eigenvalue weighted by molar-refractivity contribution is 6.13. The predicted molar refractivity (Wildman–Crippen MR) is 85.7 cm³/mol. The fourth-order valence-corrected chi connectivity index (χ4v) is 2.97. The third-order valence-electron chi connectivity index (χ3n) is 4.05. The van der Waals surface area contributed by atoms with Gasteiger partial charge < -0.3 is 5.11 Å². The molecule has 4 heterocycles. The van der Waals surface area contributed by atoms with Crippen molar-refractivity contribution < 1.29 is 9.90 Å². The van der Waals surface area contributed by atoms with Crippen molar-refractivity contribution in [3.05, 3.63) is 35.8 Å². The molecule has 0 saturated carbocycles. The number of hydrazine groups is 2. The Labute approximate surface area is 137 Å². The van der Waals surface area contributed by atoms with Gasteiger partial charge in [-0.1, -0.05) is 6.07 Å². The minimum Gasteiger partial charge on any atom is -0.395 e. The van der Waals surface area contributed by atoms with E-state index in [0.29, 0.717) is 22.9 Å². The van der Waals surface area contributed by atoms with Crippen molar-refractivity contribution in [1.29, 1.82) is 0 Å². The number of pyridine rings is 1. The molecule has 3 N–H and O–H groups in total. The fourth-order valence-electron chi connectivity index (χ4n) is 2.97. The summed E-state index contributed by atoms with van der Waals surface area (Å²) in [4.78, 5) is 27.2. The number of aliphatic hydroxyl groups excluding tert-OH is 1. The Kier molecular flexibility index (Phi) is 3.22. The van der Waals surface area contributed by atoms with Gasteiger partial charge in [0.2, 0.25) is 6.29 Å². The molecule has 1 fully saturated rings. The highest BCUT2D eigenvalue weighted by Gasteiger charge is 2.50. The van der Waals surface area contributed by atoms with Crippen molar-refractivity contribution in [2.24, 2.45) is 15.8 Å². The molecular weight excluding hydrogens is 312 g/mol. The Balaban J connectivity index is 1.86. The average molecular weight is 328 g/mol. The lowest BCUT2D eigenvalue weighted by Crippen LogP contribution is -2.44. The summed E-state index contributed by atoms with van der Waals surface area (Å²) in [5.74, 6) is 6.46. The number of nitrogens with zero attached hydrogens (tertiary/aromatic N) is 7. The average Bonchev–Trinajstić information content (AvgIpc) is 3.09. The van der Waals surface area contributed by atoms with Crippen LogP contribution in [0.3, 0.4) is 0 Å². The largest absolute Gasteiger partial charge is 0.395 e. The van der Waals surface area contributed by atoms with Crippen LogP contribution in [-0.2, 0) is 0 Å². The number of hydrogen-bond donors (Lipinski definition) is 2. The maximum Gasteiger partial charge on any atom is 0.341 e. The second-order valence-corrected chi connectivity index (χ2v) is 5.43. The Morgan fingerprint density at radius 1 is 1.38 bits per heavy atom. The summed E-state index contributed by atoms with van der Waals surface area (Å²) in [5, 5.41) is 13.7. The normalized spacial score (nSPS) is 22.4. The van der Waals surface area contributed by atoms with Crippen molar-refractivity contribution in [3.8, 4) is 0 Å². The zero-order chi connectivity index (χ0) is 16.8. The van der Waals surface area contributed by atoms with Gasteiger partial charge in [0, 0.05) is 19.8 Å². The van der Waals surface area contributed by atoms with Crippen LogP contribution >= 0.6 is 0 Å². The molecule has 3 aliphatic rings. The number of aromatic nitrogens is 1. The van der Waals surface area contributed by atoms with Gasteiger partial charge in [-0.05, 0) is 12.1 Å². The maximum absolute atomic E-state index is 12.4. The number of β-amino-alcohol motifs (C(OH)–C–C–N with tert-alkyl or cyclic N) is 1. The van der Waals surface area contributed by atoms with E-state index in [0.717, 1.165) is 0 Å². The van der Waals surface area contributed by atoms with Crippen molar-refractivity contribution in [3.63, 3.8) is 0 Å². The minimum absolute atomic E-state index is 0.149. The number of amidine groups is 1. The summed E-state index contributed by atoms with van der Waals surface area (Å²) in [7, 11) is 1.65. The Hall–Kier alpha value is -2.98. The van der Waals surface area contributed by atoms with Gasteiger partial charge in [-0.3, -0.25) is 9.88 Å². The first-order valence-corrected chi connectivity index (χ1v) is 7.40. The topological polar surface area (TPSA) is 114 Å². The summed E-state index contributed by atoms with van der Waals surface area (Å²) in [6.45, 7) is 0.0303. The summed E-state index contributed by atoms with van der Waals surface area (Å²) in [6, 6.07) is 5.26. The number of rotatable bonds is 3. The van der Waals surface area contributed by atoms with Crippen molar-refractivity contribution in [2.75, 3.05) is 20.2 Å². The van der Waals surface area contributed by atoms with Gasteiger partial charge in [-0.2, -0.15) is 0 Å². The van der Waals surface area contributed by atoms with Crippen molar-refractivity contribution in [1.82, 2.24) is 24.9 Å². The number of fused-ring (bicyclic) bond motifs is 3. The standard InChI is InChI=1S/C14H16N8O2/c1-19-14(24)20(6-7-23)13-18-12-11(22(13)19)10(17-8-21(12)15)9-4-2-3-5-16-9/h2-5,8,13,23H,6-7,15H2,1H3. The zero-order valence-corrected chi connectivity index (χ0v) is 12.9. The van der Waals surface area contributed by atoms with Crippen LogP contribution in [0.4, 0.5) is 4.79 Å². The number of amides is 2. The van der Waals surface area contributed by atoms with Gasteiger partial charge in [-0.25, -0.2) is 35.6 Å². The number of nitrogens with two attached hydrogens (primary N) is 1. The molecule has 10 heteroatoms. The van der Waals surface area contributed by atoms with Crippen LogP contribution in [-0.4, -0.2) is 74.7 Å². The molecule has 0 aliphatic carbocycles. The first kappa shape index (κ1) is 14.6. The molecule has 0 spiro atoms. The first-order chi connectivity index (χ1) is 11.6. The van der Waals surface area contributed by atoms with Crippen LogP contribution in [0.2, 0.25) is 0 Å². The molecular formula is C14H16N8O2. The number of carbonyl (C=O) groups excluding carboxylic acids is 1. The van der Waals surface area contributed by atoms with Crippen LogP contribution in [0.25, 0.3) is 5.70 Å². The van der Waals surface area contributed by atoms with Gasteiger partial charge in [-0.15, -0.1) is 0 Å². The zero-order valence-electron chi connectivity index (χ0n) is 12.9. The van der Waals surface area contributed by atoms with Crippen LogP contribution in [0, 0.1) is 0 Å². The van der Waals surface area contributed by atoms with E-state index in [1.165, 1.54) is 21.3 Å². The highest BCUT2D eigenvalue weighted by Crippen LogP contribution is 2.37. The quantitative estimate of drug-likeness (QED) is 0.705. The van der Waals surface area contributed by atoms with E-state index >= 15 is 0 Å². The van der Waals surface area contributed by atoms with Gasteiger partial charge in [0.05, 0.1) is 12.3 Å². The van der Waals surface area contributed by atoms with Gasteiger partial charge >= 0.3 is 6.03 Å². The highest BCUT2D eigenvalue weighted by atomic mass is 16.3. The molecule has 1 aromatic heterocycles. The summed E-state index contributed by atoms with van der Waals surface area (Å²) in [5.41, 5.74) is 1.86. The molecule has 0 bridgehead atoms. The van der Waals surface area contributed by atoms with Crippen molar-refractivity contribution in [2.45, 2.75) is 6.29 Å². The van der Waals surface area contributed by atoms with E-state index in [4.69, 9.17) is 5.84 Å². The number of hydrogen-bond acceptors (Lipinski definition) is 8. The second kappa shape index (κ2) is 5.28. The van der Waals surface area contributed by atoms with Gasteiger partial charge in [0.1, 0.15) is 17.7 Å². The third-order valence-corrected chi connectivity index (χ3v) is 4.05. The van der Waals surface area contributed by atoms with Crippen LogP contribution in [0.1, 0.15) is 5.69 Å². The van der Waals surface area contributed by atoms with E-state index < -0.39 is 6.29 Å². The smallest absolute Gasteiger partial charge is 0.341 e. The molecule has 1 unspecified atom stereocenters. The Morgan fingerprint density at radius 2 is 2.21 bits per heavy atom. The van der Waals surface area contributed by atoms with Gasteiger partial charge in [0.15, 0.2) is 5.84 Å². The minimum atomic E-state index is -0.592. The van der Waals surface area contributed by atoms with Crippen LogP contribution in [0.5, 0.6) is 0 Å². The molecule has 1 atom stereocenters. The first-order valence-electron chi connectivity index (χ1n) is 7.40. The summed E-state index contributed by atoms with van der Waals surface area (Å²) in [6.07, 6.45) is 2.55. The Bertz CT molecular complexity index is 774. The number of urea groups is 1. The predicted octanol–water partition coefficient (Wildman–Crippen LogP) is -0.760. The molecule has 1 saturated heterocycles. The number of aliphatic imine (C=N–C) groups is 2. The lowest BCUT2D eigenvalue weighted by Gasteiger charge is -2.28. The summed E-state index contributed by atoms with van der Waals surface area (Å²) < 4.78 is 0. The second-order valence-electron chi connectivity index (χ2n) is 5.43. The molecule has 4 rings (SSSR count). The molecule has 124 valence electrons. The molecule has 3 aliphatic heterocycles. The third kappa shape index (κ3) is 1.90. The van der Waals surface area contributed by atoms with Gasteiger partial charge in [0.25, 0.3) is 0 Å². The number of carbonyl (C=O) groups is 1. The SMILES string of the molecule is CN1C(=O)N(CCO)C2N=C3C(=C(c4ccccn4)N=CN3N)N21. The van der Waals surface area contributed by atoms with E-state index in [1.807, 2.05) is 18.2 Å². The lowest BCUT2D eigenvalue weighted by atomic mass is 10.2. The molecule has 24 heavy (non-hydrogen) atoms. The van der Waals surface area contributed by atoms with E-state index in [1.54, 1.807) is 18.3 Å². The Morgan fingerprint density at radius 3 is 2.92 bits per heavy atom. The van der Waals surface area contributed by atoms with Crippen LogP contribution < -0.4 is 5.84 Å². The fraction of sp³-hybridized carbons (Fsp3) is 0.286. The molecule has 0 aromatic carbocycles. The van der Waals surface area contributed by atoms with Crippen LogP contribution in [0.15, 0.2) is 40.1 Å². The van der Waals surface area contributed by atoms with E-state index in [2.05, 4.69) is 15.0 Å². The lowest BCUT2D eigenvalue weighted by molar-refractivity contribution is 0.0831. The molecule has 2 amide bonds. The maximum atomic E-state index is 12.4. The monoisotopic (exact) mass is 328 g/mol. The summed E-state index contributed by atoms with van der Waals surface area (Å²) >= 11 is 0.